The molecular weight excluding hydrogens is 290 g/mol. The van der Waals surface area contributed by atoms with Crippen molar-refractivity contribution in [3.8, 4) is 6.07 Å². The highest BCUT2D eigenvalue weighted by Gasteiger charge is 2.29. The highest BCUT2D eigenvalue weighted by molar-refractivity contribution is 5.93. The molecule has 3 N–H and O–H groups in total. The van der Waals surface area contributed by atoms with Gasteiger partial charge in [0.2, 0.25) is 5.91 Å². The Balaban J connectivity index is 1.89. The molecule has 0 radical (unpaired) electrons. The molecule has 120 valence electrons. The lowest BCUT2D eigenvalue weighted by molar-refractivity contribution is -0.122. The van der Waals surface area contributed by atoms with E-state index in [0.717, 1.165) is 29.7 Å². The summed E-state index contributed by atoms with van der Waals surface area (Å²) < 4.78 is 2.06. The number of rotatable bonds is 3. The van der Waals surface area contributed by atoms with Crippen molar-refractivity contribution in [1.82, 2.24) is 9.88 Å². The summed E-state index contributed by atoms with van der Waals surface area (Å²) in [7, 11) is 1.98. The van der Waals surface area contributed by atoms with E-state index in [-0.39, 0.29) is 11.9 Å². The Morgan fingerprint density at radius 2 is 2.22 bits per heavy atom. The van der Waals surface area contributed by atoms with Gasteiger partial charge in [-0.3, -0.25) is 4.79 Å². The lowest BCUT2D eigenvalue weighted by Gasteiger charge is -2.20. The number of nitrogens with two attached hydrogens (primary N) is 1. The molecule has 0 saturated carbocycles. The van der Waals surface area contributed by atoms with Crippen LogP contribution in [-0.4, -0.2) is 35.6 Å². The molecule has 1 saturated heterocycles. The van der Waals surface area contributed by atoms with E-state index in [4.69, 9.17) is 5.73 Å². The van der Waals surface area contributed by atoms with Gasteiger partial charge in [-0.2, -0.15) is 5.26 Å². The standard InChI is InChI=1S/C17H21N5O/c1-11(19)16(23)20-12-7-8-22(10-12)17-14(9-18)13-5-3-4-6-15(13)21(17)2/h3-6,11-12H,7-8,10,19H2,1-2H3,(H,20,23)/t11-,12-/m0/s1. The first-order chi connectivity index (χ1) is 11.0. The monoisotopic (exact) mass is 311 g/mol. The number of carbonyl (C=O) groups excluding carboxylic acids is 1. The van der Waals surface area contributed by atoms with Crippen LogP contribution in [0.1, 0.15) is 18.9 Å². The van der Waals surface area contributed by atoms with Crippen LogP contribution in [0.2, 0.25) is 0 Å². The van der Waals surface area contributed by atoms with Gasteiger partial charge in [-0.25, -0.2) is 0 Å². The maximum atomic E-state index is 11.8. The van der Waals surface area contributed by atoms with E-state index < -0.39 is 6.04 Å². The summed E-state index contributed by atoms with van der Waals surface area (Å²) in [6.07, 6.45) is 0.852. The molecule has 0 aliphatic carbocycles. The third-order valence-electron chi connectivity index (χ3n) is 4.44. The molecule has 0 unspecified atom stereocenters. The number of nitrogens with one attached hydrogen (secondary N) is 1. The molecule has 3 rings (SSSR count). The number of nitrogens with zero attached hydrogens (tertiary/aromatic N) is 3. The minimum absolute atomic E-state index is 0.0676. The molecule has 1 amide bonds. The molecule has 1 aromatic heterocycles. The fourth-order valence-corrected chi connectivity index (χ4v) is 3.26. The lowest BCUT2D eigenvalue weighted by Crippen LogP contribution is -2.45. The number of aryl methyl sites for hydroxylation is 1. The van der Waals surface area contributed by atoms with Crippen LogP contribution in [0.3, 0.4) is 0 Å². The van der Waals surface area contributed by atoms with Crippen molar-refractivity contribution in [2.75, 3.05) is 18.0 Å². The number of amides is 1. The fourth-order valence-electron chi connectivity index (χ4n) is 3.26. The Labute approximate surface area is 135 Å². The van der Waals surface area contributed by atoms with Crippen LogP contribution < -0.4 is 16.0 Å². The first kappa shape index (κ1) is 15.4. The molecule has 2 heterocycles. The number of nitriles is 1. The Morgan fingerprint density at radius 3 is 2.91 bits per heavy atom. The summed E-state index contributed by atoms with van der Waals surface area (Å²) in [6.45, 7) is 3.18. The Kier molecular flexibility index (Phi) is 3.97. The van der Waals surface area contributed by atoms with Gasteiger partial charge in [0.25, 0.3) is 0 Å². The zero-order valence-electron chi connectivity index (χ0n) is 13.4. The molecule has 6 nitrogen and oxygen atoms in total. The zero-order valence-corrected chi connectivity index (χ0v) is 13.4. The van der Waals surface area contributed by atoms with E-state index in [1.807, 2.05) is 31.3 Å². The average Bonchev–Trinajstić information content (AvgIpc) is 3.10. The second-order valence-electron chi connectivity index (χ2n) is 6.12. The van der Waals surface area contributed by atoms with Crippen molar-refractivity contribution in [3.63, 3.8) is 0 Å². The molecule has 1 aliphatic heterocycles. The van der Waals surface area contributed by atoms with Crippen LogP contribution in [0.5, 0.6) is 0 Å². The molecular formula is C17H21N5O. The number of hydrogen-bond donors (Lipinski definition) is 2. The van der Waals surface area contributed by atoms with E-state index in [2.05, 4.69) is 20.9 Å². The Bertz CT molecular complexity index is 786. The summed E-state index contributed by atoms with van der Waals surface area (Å²) in [5.74, 6) is 0.792. The van der Waals surface area contributed by atoms with Crippen LogP contribution in [0.15, 0.2) is 24.3 Å². The van der Waals surface area contributed by atoms with Crippen LogP contribution in [0, 0.1) is 11.3 Å². The van der Waals surface area contributed by atoms with Crippen molar-refractivity contribution in [2.24, 2.45) is 12.8 Å². The van der Waals surface area contributed by atoms with Crippen molar-refractivity contribution in [3.05, 3.63) is 29.8 Å². The molecule has 1 aromatic carbocycles. The number of carbonyl (C=O) groups is 1. The van der Waals surface area contributed by atoms with Crippen molar-refractivity contribution in [2.45, 2.75) is 25.4 Å². The van der Waals surface area contributed by atoms with Gasteiger partial charge in [-0.05, 0) is 19.4 Å². The minimum atomic E-state index is -0.503. The third kappa shape index (κ3) is 2.64. The lowest BCUT2D eigenvalue weighted by atomic mass is 10.2. The van der Waals surface area contributed by atoms with Crippen molar-refractivity contribution >= 4 is 22.6 Å². The summed E-state index contributed by atoms with van der Waals surface area (Å²) in [4.78, 5) is 13.9. The highest BCUT2D eigenvalue weighted by atomic mass is 16.2. The quantitative estimate of drug-likeness (QED) is 0.888. The predicted octanol–water partition coefficient (Wildman–Crippen LogP) is 1.09. The molecule has 1 fully saturated rings. The zero-order chi connectivity index (χ0) is 16.6. The SMILES string of the molecule is C[C@H](N)C(=O)N[C@H]1CCN(c2c(C#N)c3ccccc3n2C)C1. The van der Waals surface area contributed by atoms with E-state index in [1.54, 1.807) is 6.92 Å². The normalized spacial score (nSPS) is 18.9. The van der Waals surface area contributed by atoms with Gasteiger partial charge in [-0.15, -0.1) is 0 Å². The summed E-state index contributed by atoms with van der Waals surface area (Å²) in [6, 6.07) is 9.82. The average molecular weight is 311 g/mol. The molecule has 0 spiro atoms. The van der Waals surface area contributed by atoms with E-state index in [0.29, 0.717) is 12.1 Å². The van der Waals surface area contributed by atoms with Gasteiger partial charge in [0, 0.05) is 31.6 Å². The summed E-state index contributed by atoms with van der Waals surface area (Å²) in [5.41, 5.74) is 7.35. The third-order valence-corrected chi connectivity index (χ3v) is 4.44. The van der Waals surface area contributed by atoms with E-state index >= 15 is 0 Å². The number of para-hydroxylation sites is 1. The largest absolute Gasteiger partial charge is 0.355 e. The fraction of sp³-hybridized carbons (Fsp3) is 0.412. The number of fused-ring (bicyclic) bond motifs is 1. The number of benzene rings is 1. The van der Waals surface area contributed by atoms with Crippen LogP contribution in [0.25, 0.3) is 10.9 Å². The van der Waals surface area contributed by atoms with E-state index in [1.165, 1.54) is 0 Å². The predicted molar refractivity (Wildman–Crippen MR) is 90.0 cm³/mol. The van der Waals surface area contributed by atoms with Crippen molar-refractivity contribution in [1.29, 1.82) is 5.26 Å². The molecule has 2 atom stereocenters. The van der Waals surface area contributed by atoms with Crippen molar-refractivity contribution < 1.29 is 4.79 Å². The number of anilines is 1. The van der Waals surface area contributed by atoms with Crippen LogP contribution in [0.4, 0.5) is 5.82 Å². The summed E-state index contributed by atoms with van der Waals surface area (Å²) >= 11 is 0. The van der Waals surface area contributed by atoms with Gasteiger partial charge in [-0.1, -0.05) is 18.2 Å². The molecule has 6 heteroatoms. The Hall–Kier alpha value is -2.52. The topological polar surface area (TPSA) is 87.1 Å². The number of hydrogen-bond acceptors (Lipinski definition) is 4. The maximum absolute atomic E-state index is 11.8. The highest BCUT2D eigenvalue weighted by Crippen LogP contribution is 2.33. The van der Waals surface area contributed by atoms with Crippen LogP contribution >= 0.6 is 0 Å². The molecule has 2 aromatic rings. The number of aromatic nitrogens is 1. The maximum Gasteiger partial charge on any atom is 0.236 e. The first-order valence-corrected chi connectivity index (χ1v) is 7.81. The molecule has 1 aliphatic rings. The van der Waals surface area contributed by atoms with Gasteiger partial charge < -0.3 is 20.5 Å². The second-order valence-corrected chi connectivity index (χ2v) is 6.12. The van der Waals surface area contributed by atoms with Gasteiger partial charge in [0.15, 0.2) is 0 Å². The Morgan fingerprint density at radius 1 is 1.48 bits per heavy atom. The second kappa shape index (κ2) is 5.94. The van der Waals surface area contributed by atoms with Crippen LogP contribution in [-0.2, 0) is 11.8 Å². The minimum Gasteiger partial charge on any atom is -0.355 e. The molecule has 23 heavy (non-hydrogen) atoms. The molecule has 0 bridgehead atoms. The first-order valence-electron chi connectivity index (χ1n) is 7.81. The summed E-state index contributed by atoms with van der Waals surface area (Å²) in [5, 5.41) is 13.5. The smallest absolute Gasteiger partial charge is 0.236 e. The van der Waals surface area contributed by atoms with Gasteiger partial charge in [0.1, 0.15) is 17.5 Å². The van der Waals surface area contributed by atoms with Gasteiger partial charge >= 0.3 is 0 Å². The van der Waals surface area contributed by atoms with Gasteiger partial charge in [0.05, 0.1) is 11.6 Å². The van der Waals surface area contributed by atoms with E-state index in [9.17, 15) is 10.1 Å².